The van der Waals surface area contributed by atoms with Crippen LogP contribution in [0.25, 0.3) is 0 Å². The van der Waals surface area contributed by atoms with Crippen LogP contribution in [-0.2, 0) is 11.8 Å². The number of hydrogen-bond acceptors (Lipinski definition) is 3. The lowest BCUT2D eigenvalue weighted by Crippen LogP contribution is -2.41. The SMILES string of the molecule is Cn1ccnc1C1CCN(C(=O)[C@@H](O)c2ccccc2Cl)CC1. The van der Waals surface area contributed by atoms with Crippen LogP contribution in [0.3, 0.4) is 0 Å². The first kappa shape index (κ1) is 16.0. The molecule has 1 atom stereocenters. The van der Waals surface area contributed by atoms with Gasteiger partial charge in [0.25, 0.3) is 5.91 Å². The fourth-order valence-corrected chi connectivity index (χ4v) is 3.37. The van der Waals surface area contributed by atoms with Crippen LogP contribution in [0.4, 0.5) is 0 Å². The number of rotatable bonds is 3. The van der Waals surface area contributed by atoms with Crippen molar-refractivity contribution in [2.45, 2.75) is 24.9 Å². The van der Waals surface area contributed by atoms with Crippen LogP contribution in [0.1, 0.15) is 36.3 Å². The minimum Gasteiger partial charge on any atom is -0.378 e. The Hall–Kier alpha value is -1.85. The Kier molecular flexibility index (Phi) is 4.68. The van der Waals surface area contributed by atoms with Gasteiger partial charge in [-0.1, -0.05) is 29.8 Å². The quantitative estimate of drug-likeness (QED) is 0.939. The molecule has 1 amide bonds. The Labute approximate surface area is 140 Å². The summed E-state index contributed by atoms with van der Waals surface area (Å²) < 4.78 is 2.03. The number of amides is 1. The number of nitrogens with zero attached hydrogens (tertiary/aromatic N) is 3. The van der Waals surface area contributed by atoms with Gasteiger partial charge in [-0.2, -0.15) is 0 Å². The van der Waals surface area contributed by atoms with Gasteiger partial charge in [0.2, 0.25) is 0 Å². The van der Waals surface area contributed by atoms with Gasteiger partial charge in [-0.25, -0.2) is 4.98 Å². The van der Waals surface area contributed by atoms with Crippen molar-refractivity contribution >= 4 is 17.5 Å². The van der Waals surface area contributed by atoms with E-state index in [2.05, 4.69) is 4.98 Å². The molecule has 6 heteroatoms. The number of carbonyl (C=O) groups excluding carboxylic acids is 1. The number of aliphatic hydroxyl groups is 1. The number of aromatic nitrogens is 2. The molecule has 1 aromatic carbocycles. The molecule has 122 valence electrons. The summed E-state index contributed by atoms with van der Waals surface area (Å²) in [6.45, 7) is 1.25. The molecule has 1 N–H and O–H groups in total. The average Bonchev–Trinajstić information content (AvgIpc) is 3.00. The second-order valence-electron chi connectivity index (χ2n) is 5.92. The lowest BCUT2D eigenvalue weighted by Gasteiger charge is -2.33. The molecule has 2 aromatic rings. The van der Waals surface area contributed by atoms with Gasteiger partial charge < -0.3 is 14.6 Å². The van der Waals surface area contributed by atoms with Crippen LogP contribution in [-0.4, -0.2) is 38.6 Å². The highest BCUT2D eigenvalue weighted by Crippen LogP contribution is 2.29. The van der Waals surface area contributed by atoms with Crippen LogP contribution in [0.5, 0.6) is 0 Å². The van der Waals surface area contributed by atoms with Gasteiger partial charge in [-0.3, -0.25) is 4.79 Å². The van der Waals surface area contributed by atoms with E-state index in [1.807, 2.05) is 17.8 Å². The van der Waals surface area contributed by atoms with Crippen LogP contribution in [0, 0.1) is 0 Å². The maximum Gasteiger partial charge on any atom is 0.256 e. The molecule has 1 aliphatic rings. The monoisotopic (exact) mass is 333 g/mol. The Balaban J connectivity index is 1.64. The number of imidazole rings is 1. The fourth-order valence-electron chi connectivity index (χ4n) is 3.13. The highest BCUT2D eigenvalue weighted by atomic mass is 35.5. The van der Waals surface area contributed by atoms with Crippen molar-refractivity contribution < 1.29 is 9.90 Å². The molecule has 23 heavy (non-hydrogen) atoms. The zero-order valence-electron chi connectivity index (χ0n) is 13.0. The lowest BCUT2D eigenvalue weighted by atomic mass is 9.95. The van der Waals surface area contributed by atoms with E-state index in [9.17, 15) is 9.90 Å². The summed E-state index contributed by atoms with van der Waals surface area (Å²) >= 11 is 6.07. The van der Waals surface area contributed by atoms with E-state index in [0.29, 0.717) is 29.6 Å². The summed E-state index contributed by atoms with van der Waals surface area (Å²) in [6.07, 6.45) is 4.24. The summed E-state index contributed by atoms with van der Waals surface area (Å²) in [4.78, 5) is 18.6. The standard InChI is InChI=1S/C17H20ClN3O2/c1-20-11-8-19-16(20)12-6-9-21(10-7-12)17(23)15(22)13-4-2-3-5-14(13)18/h2-5,8,11-12,15,22H,6-7,9-10H2,1H3/t15-/m0/s1. The van der Waals surface area contributed by atoms with Gasteiger partial charge >= 0.3 is 0 Å². The number of carbonyl (C=O) groups is 1. The molecule has 1 aromatic heterocycles. The predicted octanol–water partition coefficient (Wildman–Crippen LogP) is 2.51. The van der Waals surface area contributed by atoms with E-state index < -0.39 is 6.10 Å². The van der Waals surface area contributed by atoms with Crippen molar-refractivity contribution in [2.75, 3.05) is 13.1 Å². The summed E-state index contributed by atoms with van der Waals surface area (Å²) in [5, 5.41) is 10.7. The maximum absolute atomic E-state index is 12.5. The Bertz CT molecular complexity index is 693. The summed E-state index contributed by atoms with van der Waals surface area (Å²) in [5.74, 6) is 1.14. The number of aliphatic hydroxyl groups excluding tert-OH is 1. The average molecular weight is 334 g/mol. The first-order chi connectivity index (χ1) is 11.1. The summed E-state index contributed by atoms with van der Waals surface area (Å²) in [7, 11) is 1.99. The molecule has 0 unspecified atom stereocenters. The molecule has 5 nitrogen and oxygen atoms in total. The zero-order chi connectivity index (χ0) is 16.4. The van der Waals surface area contributed by atoms with E-state index >= 15 is 0 Å². The molecule has 0 saturated carbocycles. The molecule has 1 fully saturated rings. The third-order valence-electron chi connectivity index (χ3n) is 4.46. The predicted molar refractivity (Wildman–Crippen MR) is 88.2 cm³/mol. The molecule has 0 bridgehead atoms. The minimum absolute atomic E-state index is 0.281. The molecule has 1 saturated heterocycles. The third kappa shape index (κ3) is 3.26. The topological polar surface area (TPSA) is 58.4 Å². The molecule has 3 rings (SSSR count). The first-order valence-corrected chi connectivity index (χ1v) is 8.14. The number of hydrogen-bond donors (Lipinski definition) is 1. The molecule has 1 aliphatic heterocycles. The van der Waals surface area contributed by atoms with Crippen molar-refractivity contribution in [3.8, 4) is 0 Å². The lowest BCUT2D eigenvalue weighted by molar-refractivity contribution is -0.141. The van der Waals surface area contributed by atoms with Crippen LogP contribution < -0.4 is 0 Å². The van der Waals surface area contributed by atoms with Crippen molar-refractivity contribution in [3.05, 3.63) is 53.1 Å². The van der Waals surface area contributed by atoms with Crippen molar-refractivity contribution in [1.29, 1.82) is 0 Å². The van der Waals surface area contributed by atoms with E-state index in [1.165, 1.54) is 0 Å². The van der Waals surface area contributed by atoms with E-state index in [0.717, 1.165) is 18.7 Å². The maximum atomic E-state index is 12.5. The normalized spacial score (nSPS) is 17.3. The second-order valence-corrected chi connectivity index (χ2v) is 6.33. The second kappa shape index (κ2) is 6.72. The van der Waals surface area contributed by atoms with Gasteiger partial charge in [0.1, 0.15) is 5.82 Å². The Morgan fingerprint density at radius 2 is 2.04 bits per heavy atom. The largest absolute Gasteiger partial charge is 0.378 e. The zero-order valence-corrected chi connectivity index (χ0v) is 13.8. The minimum atomic E-state index is -1.20. The van der Waals surface area contributed by atoms with Gasteiger partial charge in [0.05, 0.1) is 0 Å². The van der Waals surface area contributed by atoms with Crippen LogP contribution in [0.2, 0.25) is 5.02 Å². The summed E-state index contributed by atoms with van der Waals surface area (Å²) in [6, 6.07) is 6.92. The van der Waals surface area contributed by atoms with Gasteiger partial charge in [-0.15, -0.1) is 0 Å². The van der Waals surface area contributed by atoms with Crippen molar-refractivity contribution in [3.63, 3.8) is 0 Å². The summed E-state index contributed by atoms with van der Waals surface area (Å²) in [5.41, 5.74) is 0.463. The number of piperidine rings is 1. The highest BCUT2D eigenvalue weighted by molar-refractivity contribution is 6.31. The Morgan fingerprint density at radius 3 is 2.65 bits per heavy atom. The third-order valence-corrected chi connectivity index (χ3v) is 4.81. The van der Waals surface area contributed by atoms with Gasteiger partial charge in [0, 0.05) is 49.0 Å². The molecule has 0 aliphatic carbocycles. The van der Waals surface area contributed by atoms with E-state index in [1.54, 1.807) is 35.4 Å². The van der Waals surface area contributed by atoms with Crippen LogP contribution >= 0.6 is 11.6 Å². The van der Waals surface area contributed by atoms with Crippen molar-refractivity contribution in [2.24, 2.45) is 7.05 Å². The molecule has 0 radical (unpaired) electrons. The molecule has 2 heterocycles. The molecular weight excluding hydrogens is 314 g/mol. The first-order valence-electron chi connectivity index (χ1n) is 7.76. The van der Waals surface area contributed by atoms with E-state index in [-0.39, 0.29) is 5.91 Å². The van der Waals surface area contributed by atoms with Gasteiger partial charge in [0.15, 0.2) is 6.10 Å². The molecule has 0 spiro atoms. The fraction of sp³-hybridized carbons (Fsp3) is 0.412. The smallest absolute Gasteiger partial charge is 0.256 e. The van der Waals surface area contributed by atoms with E-state index in [4.69, 9.17) is 11.6 Å². The van der Waals surface area contributed by atoms with Crippen molar-refractivity contribution in [1.82, 2.24) is 14.5 Å². The number of benzene rings is 1. The van der Waals surface area contributed by atoms with Crippen LogP contribution in [0.15, 0.2) is 36.7 Å². The molecular formula is C17H20ClN3O2. The number of likely N-dealkylation sites (tertiary alicyclic amines) is 1. The van der Waals surface area contributed by atoms with Gasteiger partial charge in [-0.05, 0) is 18.9 Å². The number of aryl methyl sites for hydroxylation is 1. The highest BCUT2D eigenvalue weighted by Gasteiger charge is 2.30. The number of halogens is 1. The Morgan fingerprint density at radius 1 is 1.35 bits per heavy atom.